The molecule has 0 saturated carbocycles. The quantitative estimate of drug-likeness (QED) is 0.851. The molecule has 0 amide bonds. The fourth-order valence-electron chi connectivity index (χ4n) is 1.26. The lowest BCUT2D eigenvalue weighted by Gasteiger charge is -2.04. The summed E-state index contributed by atoms with van der Waals surface area (Å²) in [4.78, 5) is 11.2. The van der Waals surface area contributed by atoms with Crippen molar-refractivity contribution in [2.75, 3.05) is 11.0 Å². The van der Waals surface area contributed by atoms with Crippen molar-refractivity contribution in [3.8, 4) is 0 Å². The summed E-state index contributed by atoms with van der Waals surface area (Å²) in [5, 5.41) is 0. The van der Waals surface area contributed by atoms with Crippen LogP contribution in [0.25, 0.3) is 0 Å². The third kappa shape index (κ3) is 4.44. The third-order valence-electron chi connectivity index (χ3n) is 2.05. The summed E-state index contributed by atoms with van der Waals surface area (Å²) >= 11 is 0. The second-order valence-electron chi connectivity index (χ2n) is 3.64. The molecular weight excluding hydrogens is 226 g/mol. The Labute approximate surface area is 95.7 Å². The number of nitrogens with one attached hydrogen (secondary N) is 1. The van der Waals surface area contributed by atoms with E-state index in [1.54, 1.807) is 24.3 Å². The van der Waals surface area contributed by atoms with Crippen molar-refractivity contribution in [1.29, 1.82) is 0 Å². The van der Waals surface area contributed by atoms with Crippen LogP contribution in [0.15, 0.2) is 24.3 Å². The van der Waals surface area contributed by atoms with Gasteiger partial charge in [-0.05, 0) is 17.7 Å². The maximum Gasteiger partial charge on any atom is 0.229 e. The lowest BCUT2D eigenvalue weighted by Crippen LogP contribution is -2.09. The van der Waals surface area contributed by atoms with Crippen LogP contribution in [0.1, 0.15) is 18.9 Å². The molecule has 88 valence electrons. The van der Waals surface area contributed by atoms with E-state index in [9.17, 15) is 13.2 Å². The molecule has 1 aromatic rings. The summed E-state index contributed by atoms with van der Waals surface area (Å²) in [6, 6.07) is 6.81. The summed E-state index contributed by atoms with van der Waals surface area (Å²) in [6.45, 7) is 1.82. The molecule has 0 fully saturated rings. The largest absolute Gasteiger partial charge is 0.299 e. The average Bonchev–Trinajstić information content (AvgIpc) is 2.18. The summed E-state index contributed by atoms with van der Waals surface area (Å²) in [5.74, 6) is 0.170. The van der Waals surface area contributed by atoms with Crippen molar-refractivity contribution in [2.45, 2.75) is 19.8 Å². The lowest BCUT2D eigenvalue weighted by molar-refractivity contribution is -0.118. The molecule has 1 aromatic carbocycles. The summed E-state index contributed by atoms with van der Waals surface area (Å²) < 4.78 is 24.3. The zero-order chi connectivity index (χ0) is 12.2. The highest BCUT2D eigenvalue weighted by Crippen LogP contribution is 2.11. The summed E-state index contributed by atoms with van der Waals surface area (Å²) in [5.41, 5.74) is 1.40. The fourth-order valence-corrected chi connectivity index (χ4v) is 1.82. The molecule has 0 aliphatic heterocycles. The molecular formula is C11H15NO3S. The number of carbonyl (C=O) groups is 1. The number of ketones is 1. The van der Waals surface area contributed by atoms with Crippen LogP contribution in [0, 0.1) is 0 Å². The van der Waals surface area contributed by atoms with Gasteiger partial charge in [-0.1, -0.05) is 19.1 Å². The summed E-state index contributed by atoms with van der Waals surface area (Å²) in [7, 11) is -3.23. The smallest absolute Gasteiger partial charge is 0.229 e. The zero-order valence-corrected chi connectivity index (χ0v) is 10.2. The Balaban J connectivity index is 2.72. The average molecular weight is 241 g/mol. The van der Waals surface area contributed by atoms with Crippen LogP contribution in [0.5, 0.6) is 0 Å². The second kappa shape index (κ2) is 5.12. The van der Waals surface area contributed by atoms with Crippen molar-refractivity contribution in [2.24, 2.45) is 0 Å². The van der Waals surface area contributed by atoms with Crippen LogP contribution in [-0.2, 0) is 21.2 Å². The van der Waals surface area contributed by atoms with E-state index in [2.05, 4.69) is 4.72 Å². The normalized spacial score (nSPS) is 11.1. The van der Waals surface area contributed by atoms with Crippen molar-refractivity contribution in [3.63, 3.8) is 0 Å². The third-order valence-corrected chi connectivity index (χ3v) is 2.66. The second-order valence-corrected chi connectivity index (χ2v) is 5.39. The van der Waals surface area contributed by atoms with Gasteiger partial charge in [-0.3, -0.25) is 9.52 Å². The topological polar surface area (TPSA) is 63.2 Å². The van der Waals surface area contributed by atoms with E-state index >= 15 is 0 Å². The van der Waals surface area contributed by atoms with Crippen molar-refractivity contribution in [3.05, 3.63) is 29.8 Å². The molecule has 0 aliphatic rings. The number of Topliss-reactive ketones (excluding diaryl/α,β-unsaturated/α-hetero) is 1. The maximum atomic E-state index is 11.2. The number of hydrogen-bond acceptors (Lipinski definition) is 3. The molecule has 0 aliphatic carbocycles. The van der Waals surface area contributed by atoms with Gasteiger partial charge in [0.2, 0.25) is 10.0 Å². The van der Waals surface area contributed by atoms with E-state index in [1.807, 2.05) is 6.92 Å². The van der Waals surface area contributed by atoms with Gasteiger partial charge >= 0.3 is 0 Å². The predicted octanol–water partition coefficient (Wildman–Crippen LogP) is 1.58. The Hall–Kier alpha value is -1.36. The van der Waals surface area contributed by atoms with Gasteiger partial charge in [-0.15, -0.1) is 0 Å². The maximum absolute atomic E-state index is 11.2. The van der Waals surface area contributed by atoms with Crippen molar-refractivity contribution < 1.29 is 13.2 Å². The van der Waals surface area contributed by atoms with Crippen LogP contribution >= 0.6 is 0 Å². The highest BCUT2D eigenvalue weighted by atomic mass is 32.2. The number of sulfonamides is 1. The van der Waals surface area contributed by atoms with Crippen LogP contribution < -0.4 is 4.72 Å². The molecule has 0 unspecified atom stereocenters. The van der Waals surface area contributed by atoms with Gasteiger partial charge < -0.3 is 0 Å². The first-order valence-electron chi connectivity index (χ1n) is 4.99. The van der Waals surface area contributed by atoms with Gasteiger partial charge in [-0.25, -0.2) is 8.42 Å². The van der Waals surface area contributed by atoms with Gasteiger partial charge in [0, 0.05) is 18.5 Å². The Morgan fingerprint density at radius 1 is 1.25 bits per heavy atom. The van der Waals surface area contributed by atoms with Gasteiger partial charge in [0.1, 0.15) is 5.78 Å². The minimum Gasteiger partial charge on any atom is -0.299 e. The SMILES string of the molecule is CCC(=O)Cc1ccc(NS(C)(=O)=O)cc1. The molecule has 0 heterocycles. The molecule has 0 saturated heterocycles. The molecule has 1 N–H and O–H groups in total. The Bertz CT molecular complexity index is 463. The van der Waals surface area contributed by atoms with E-state index in [-0.39, 0.29) is 5.78 Å². The van der Waals surface area contributed by atoms with Gasteiger partial charge in [0.05, 0.1) is 6.26 Å². The molecule has 0 radical (unpaired) electrons. The van der Waals surface area contributed by atoms with E-state index in [4.69, 9.17) is 0 Å². The molecule has 0 spiro atoms. The van der Waals surface area contributed by atoms with Gasteiger partial charge in [0.25, 0.3) is 0 Å². The molecule has 0 bridgehead atoms. The van der Waals surface area contributed by atoms with Gasteiger partial charge in [-0.2, -0.15) is 0 Å². The summed E-state index contributed by atoms with van der Waals surface area (Å²) in [6.07, 6.45) is 2.01. The Morgan fingerprint density at radius 2 is 1.81 bits per heavy atom. The van der Waals surface area contributed by atoms with Crippen LogP contribution in [0.2, 0.25) is 0 Å². The minimum absolute atomic E-state index is 0.170. The Kier molecular flexibility index (Phi) is 4.06. The molecule has 0 aromatic heterocycles. The van der Waals surface area contributed by atoms with Crippen LogP contribution in [0.4, 0.5) is 5.69 Å². The first-order chi connectivity index (χ1) is 7.40. The number of anilines is 1. The van der Waals surface area contributed by atoms with E-state index in [0.29, 0.717) is 18.5 Å². The number of carbonyl (C=O) groups excluding carboxylic acids is 1. The standard InChI is InChI=1S/C11H15NO3S/c1-3-11(13)8-9-4-6-10(7-5-9)12-16(2,14)15/h4-7,12H,3,8H2,1-2H3. The first-order valence-corrected chi connectivity index (χ1v) is 6.88. The Morgan fingerprint density at radius 3 is 2.25 bits per heavy atom. The fraction of sp³-hybridized carbons (Fsp3) is 0.364. The molecule has 1 rings (SSSR count). The van der Waals surface area contributed by atoms with Crippen molar-refractivity contribution in [1.82, 2.24) is 0 Å². The predicted molar refractivity (Wildman–Crippen MR) is 63.9 cm³/mol. The molecule has 4 nitrogen and oxygen atoms in total. The van der Waals surface area contributed by atoms with E-state index in [1.165, 1.54) is 0 Å². The monoisotopic (exact) mass is 241 g/mol. The van der Waals surface area contributed by atoms with E-state index < -0.39 is 10.0 Å². The number of benzene rings is 1. The van der Waals surface area contributed by atoms with Gasteiger partial charge in [0.15, 0.2) is 0 Å². The van der Waals surface area contributed by atoms with E-state index in [0.717, 1.165) is 11.8 Å². The lowest BCUT2D eigenvalue weighted by atomic mass is 10.1. The number of hydrogen-bond donors (Lipinski definition) is 1. The minimum atomic E-state index is -3.23. The molecule has 0 atom stereocenters. The van der Waals surface area contributed by atoms with Crippen molar-refractivity contribution >= 4 is 21.5 Å². The highest BCUT2D eigenvalue weighted by Gasteiger charge is 2.03. The molecule has 16 heavy (non-hydrogen) atoms. The highest BCUT2D eigenvalue weighted by molar-refractivity contribution is 7.92. The van der Waals surface area contributed by atoms with Crippen LogP contribution in [-0.4, -0.2) is 20.5 Å². The molecule has 5 heteroatoms. The van der Waals surface area contributed by atoms with Crippen LogP contribution in [0.3, 0.4) is 0 Å². The number of rotatable bonds is 5. The first kappa shape index (κ1) is 12.7. The zero-order valence-electron chi connectivity index (χ0n) is 9.36.